The number of hydrogen-bond acceptors (Lipinski definition) is 3. The van der Waals surface area contributed by atoms with E-state index >= 15 is 0 Å². The van der Waals surface area contributed by atoms with Crippen LogP contribution in [-0.2, 0) is 4.74 Å². The molecule has 3 N–H and O–H groups in total. The van der Waals surface area contributed by atoms with Crippen LogP contribution in [0.4, 0.5) is 0 Å². The van der Waals surface area contributed by atoms with Gasteiger partial charge in [0.1, 0.15) is 0 Å². The summed E-state index contributed by atoms with van der Waals surface area (Å²) in [5, 5.41) is 0. The minimum Gasteiger partial charge on any atom is -0.378 e. The van der Waals surface area contributed by atoms with E-state index in [2.05, 4.69) is 19.3 Å². The summed E-state index contributed by atoms with van der Waals surface area (Å²) in [6.07, 6.45) is 5.89. The van der Waals surface area contributed by atoms with E-state index in [1.165, 1.54) is 19.3 Å². The molecule has 14 heavy (non-hydrogen) atoms. The maximum Gasteiger partial charge on any atom is 0.0694 e. The highest BCUT2D eigenvalue weighted by molar-refractivity contribution is 4.93. The van der Waals surface area contributed by atoms with Crippen molar-refractivity contribution in [3.05, 3.63) is 0 Å². The highest BCUT2D eigenvalue weighted by Crippen LogP contribution is 2.39. The first kappa shape index (κ1) is 12.0. The van der Waals surface area contributed by atoms with Gasteiger partial charge in [-0.3, -0.25) is 11.3 Å². The van der Waals surface area contributed by atoms with Crippen LogP contribution in [-0.4, -0.2) is 18.8 Å². The van der Waals surface area contributed by atoms with E-state index in [4.69, 9.17) is 10.6 Å². The molecule has 1 rings (SSSR count). The van der Waals surface area contributed by atoms with E-state index in [9.17, 15) is 0 Å². The molecule has 0 aromatic carbocycles. The van der Waals surface area contributed by atoms with Gasteiger partial charge in [-0.25, -0.2) is 0 Å². The number of hydrazine groups is 1. The molecule has 0 amide bonds. The topological polar surface area (TPSA) is 47.3 Å². The van der Waals surface area contributed by atoms with Crippen molar-refractivity contribution in [3.63, 3.8) is 0 Å². The van der Waals surface area contributed by atoms with Crippen molar-refractivity contribution in [2.45, 2.75) is 57.6 Å². The van der Waals surface area contributed by atoms with Gasteiger partial charge in [-0.05, 0) is 31.6 Å². The van der Waals surface area contributed by atoms with Crippen LogP contribution in [0.5, 0.6) is 0 Å². The second-order valence-electron chi connectivity index (χ2n) is 4.60. The molecular weight excluding hydrogens is 176 g/mol. The molecule has 1 aliphatic rings. The molecule has 1 saturated carbocycles. The van der Waals surface area contributed by atoms with Crippen LogP contribution < -0.4 is 11.3 Å². The zero-order valence-electron chi connectivity index (χ0n) is 9.68. The van der Waals surface area contributed by atoms with Crippen molar-refractivity contribution in [2.24, 2.45) is 11.8 Å². The number of hydrogen-bond donors (Lipinski definition) is 2. The summed E-state index contributed by atoms with van der Waals surface area (Å²) < 4.78 is 5.61. The van der Waals surface area contributed by atoms with Gasteiger partial charge in [0.15, 0.2) is 0 Å². The number of nitrogens with one attached hydrogen (secondary N) is 1. The Hall–Kier alpha value is -0.120. The van der Waals surface area contributed by atoms with Gasteiger partial charge in [0.2, 0.25) is 0 Å². The largest absolute Gasteiger partial charge is 0.378 e. The maximum absolute atomic E-state index is 5.61. The van der Waals surface area contributed by atoms with Gasteiger partial charge in [0.25, 0.3) is 0 Å². The Morgan fingerprint density at radius 2 is 2.14 bits per heavy atom. The van der Waals surface area contributed by atoms with Crippen molar-refractivity contribution in [3.8, 4) is 0 Å². The number of ether oxygens (including phenoxy) is 1. The Morgan fingerprint density at radius 1 is 1.50 bits per heavy atom. The Morgan fingerprint density at radius 3 is 2.43 bits per heavy atom. The molecule has 0 heterocycles. The van der Waals surface area contributed by atoms with Crippen LogP contribution in [0, 0.1) is 5.92 Å². The smallest absolute Gasteiger partial charge is 0.0694 e. The predicted molar refractivity (Wildman–Crippen MR) is 58.8 cm³/mol. The van der Waals surface area contributed by atoms with Crippen LogP contribution in [0.2, 0.25) is 0 Å². The average molecular weight is 200 g/mol. The summed E-state index contributed by atoms with van der Waals surface area (Å²) in [6, 6.07) is 0.389. The lowest BCUT2D eigenvalue weighted by atomic mass is 9.74. The van der Waals surface area contributed by atoms with Gasteiger partial charge in [0, 0.05) is 13.2 Å². The fourth-order valence-corrected chi connectivity index (χ4v) is 2.17. The number of methoxy groups -OCH3 is 1. The minimum atomic E-state index is 0.125. The summed E-state index contributed by atoms with van der Waals surface area (Å²) >= 11 is 0. The number of rotatable bonds is 6. The molecule has 2 unspecified atom stereocenters. The average Bonchev–Trinajstić information content (AvgIpc) is 2.16. The van der Waals surface area contributed by atoms with Crippen molar-refractivity contribution in [1.29, 1.82) is 0 Å². The normalized spacial score (nSPS) is 24.0. The van der Waals surface area contributed by atoms with Crippen molar-refractivity contribution in [2.75, 3.05) is 7.11 Å². The Labute approximate surface area is 87.4 Å². The fourth-order valence-electron chi connectivity index (χ4n) is 2.17. The summed E-state index contributed by atoms with van der Waals surface area (Å²) in [6.45, 7) is 4.45. The van der Waals surface area contributed by atoms with Crippen LogP contribution in [0.3, 0.4) is 0 Å². The van der Waals surface area contributed by atoms with E-state index in [1.54, 1.807) is 0 Å². The van der Waals surface area contributed by atoms with Gasteiger partial charge in [-0.1, -0.05) is 20.3 Å². The van der Waals surface area contributed by atoms with E-state index in [0.29, 0.717) is 12.0 Å². The predicted octanol–water partition coefficient (Wildman–Crippen LogP) is 1.82. The maximum atomic E-state index is 5.61. The Kier molecular flexibility index (Phi) is 4.35. The molecule has 2 atom stereocenters. The first-order valence-corrected chi connectivity index (χ1v) is 5.68. The molecular formula is C11H24N2O. The van der Waals surface area contributed by atoms with E-state index in [-0.39, 0.29) is 5.60 Å². The van der Waals surface area contributed by atoms with Gasteiger partial charge in [-0.15, -0.1) is 0 Å². The van der Waals surface area contributed by atoms with Gasteiger partial charge in [0.05, 0.1) is 5.60 Å². The van der Waals surface area contributed by atoms with Gasteiger partial charge < -0.3 is 4.74 Å². The molecule has 0 spiro atoms. The van der Waals surface area contributed by atoms with Gasteiger partial charge in [-0.2, -0.15) is 0 Å². The fraction of sp³-hybridized carbons (Fsp3) is 1.00. The highest BCUT2D eigenvalue weighted by Gasteiger charge is 2.39. The summed E-state index contributed by atoms with van der Waals surface area (Å²) in [4.78, 5) is 0. The lowest BCUT2D eigenvalue weighted by molar-refractivity contribution is -0.0866. The lowest BCUT2D eigenvalue weighted by Gasteiger charge is -2.43. The monoisotopic (exact) mass is 200 g/mol. The van der Waals surface area contributed by atoms with Crippen LogP contribution >= 0.6 is 0 Å². The summed E-state index contributed by atoms with van der Waals surface area (Å²) in [5.74, 6) is 6.20. The first-order chi connectivity index (χ1) is 6.67. The molecule has 84 valence electrons. The molecule has 1 fully saturated rings. The zero-order chi connectivity index (χ0) is 10.6. The van der Waals surface area contributed by atoms with E-state index < -0.39 is 0 Å². The quantitative estimate of drug-likeness (QED) is 0.508. The molecule has 0 bridgehead atoms. The molecule has 1 aliphatic carbocycles. The van der Waals surface area contributed by atoms with Crippen LogP contribution in [0.1, 0.15) is 46.0 Å². The molecule has 0 aromatic heterocycles. The Balaban J connectivity index is 2.46. The molecule has 0 aromatic rings. The minimum absolute atomic E-state index is 0.125. The van der Waals surface area contributed by atoms with E-state index in [0.717, 1.165) is 12.8 Å². The molecule has 0 radical (unpaired) electrons. The summed E-state index contributed by atoms with van der Waals surface area (Å²) in [5.41, 5.74) is 3.06. The third-order valence-corrected chi connectivity index (χ3v) is 3.83. The standard InChI is InChI=1S/C11H24N2O/c1-4-9(2)10(13-12)8-11(14-3)6-5-7-11/h9-10,13H,4-8,12H2,1-3H3. The molecule has 3 heteroatoms. The summed E-state index contributed by atoms with van der Waals surface area (Å²) in [7, 11) is 1.82. The molecule has 3 nitrogen and oxygen atoms in total. The number of nitrogens with two attached hydrogens (primary N) is 1. The Bertz CT molecular complexity index is 163. The molecule has 0 aliphatic heterocycles. The third kappa shape index (κ3) is 2.47. The van der Waals surface area contributed by atoms with E-state index in [1.807, 2.05) is 7.11 Å². The second-order valence-corrected chi connectivity index (χ2v) is 4.60. The second kappa shape index (κ2) is 5.10. The van der Waals surface area contributed by atoms with Crippen LogP contribution in [0.15, 0.2) is 0 Å². The van der Waals surface area contributed by atoms with Crippen molar-refractivity contribution < 1.29 is 4.74 Å². The van der Waals surface area contributed by atoms with Gasteiger partial charge >= 0.3 is 0 Å². The lowest BCUT2D eigenvalue weighted by Crippen LogP contribution is -2.49. The van der Waals surface area contributed by atoms with Crippen LogP contribution in [0.25, 0.3) is 0 Å². The first-order valence-electron chi connectivity index (χ1n) is 5.68. The van der Waals surface area contributed by atoms with Crippen molar-refractivity contribution in [1.82, 2.24) is 5.43 Å². The highest BCUT2D eigenvalue weighted by atomic mass is 16.5. The zero-order valence-corrected chi connectivity index (χ0v) is 9.68. The molecule has 0 saturated heterocycles. The third-order valence-electron chi connectivity index (χ3n) is 3.83. The van der Waals surface area contributed by atoms with Crippen molar-refractivity contribution >= 4 is 0 Å². The SMILES string of the molecule is CCC(C)C(CC1(OC)CCC1)NN.